The van der Waals surface area contributed by atoms with Crippen molar-refractivity contribution in [1.82, 2.24) is 13.5 Å². The summed E-state index contributed by atoms with van der Waals surface area (Å²) in [7, 11) is -1.86. The molecular weight excluding hydrogens is 382 g/mol. The maximum absolute atomic E-state index is 12.9. The first-order chi connectivity index (χ1) is 13.5. The van der Waals surface area contributed by atoms with Crippen LogP contribution in [-0.4, -0.2) is 80.0 Å². The zero-order valence-corrected chi connectivity index (χ0v) is 16.9. The van der Waals surface area contributed by atoms with E-state index in [0.29, 0.717) is 32.6 Å². The van der Waals surface area contributed by atoms with E-state index in [1.54, 1.807) is 16.3 Å². The van der Waals surface area contributed by atoms with Gasteiger partial charge in [0.1, 0.15) is 11.9 Å². The number of methoxy groups -OCH3 is 1. The molecule has 0 bridgehead atoms. The maximum Gasteiger partial charge on any atom is 0.410 e. The Morgan fingerprint density at radius 2 is 1.79 bits per heavy atom. The topological polar surface area (TPSA) is 79.4 Å². The SMILES string of the molecule is COc1ccc(CCN2C(=O)O[C@@H]3CN(S(=O)(=O)N4CCCCC4)C[C@@H]32)cc1. The monoisotopic (exact) mass is 409 g/mol. The van der Waals surface area contributed by atoms with Crippen LogP contribution < -0.4 is 4.74 Å². The Labute approximate surface area is 166 Å². The molecule has 0 aliphatic carbocycles. The highest BCUT2D eigenvalue weighted by atomic mass is 32.2. The number of piperidine rings is 1. The molecular formula is C19H27N3O5S. The van der Waals surface area contributed by atoms with Gasteiger partial charge in [-0.25, -0.2) is 4.79 Å². The number of ether oxygens (including phenoxy) is 2. The predicted molar refractivity (Wildman–Crippen MR) is 103 cm³/mol. The van der Waals surface area contributed by atoms with Gasteiger partial charge in [0.15, 0.2) is 0 Å². The zero-order valence-electron chi connectivity index (χ0n) is 16.1. The molecule has 1 aromatic carbocycles. The van der Waals surface area contributed by atoms with Crippen LogP contribution in [0.2, 0.25) is 0 Å². The summed E-state index contributed by atoms with van der Waals surface area (Å²) in [5, 5.41) is 0. The number of carbonyl (C=O) groups excluding carboxylic acids is 1. The van der Waals surface area contributed by atoms with E-state index >= 15 is 0 Å². The van der Waals surface area contributed by atoms with E-state index in [1.807, 2.05) is 24.3 Å². The second-order valence-corrected chi connectivity index (χ2v) is 9.49. The summed E-state index contributed by atoms with van der Waals surface area (Å²) in [6.07, 6.45) is 2.84. The van der Waals surface area contributed by atoms with Crippen molar-refractivity contribution in [2.24, 2.45) is 0 Å². The fourth-order valence-corrected chi connectivity index (χ4v) is 5.94. The fourth-order valence-electron chi connectivity index (χ4n) is 4.22. The molecule has 4 rings (SSSR count). The van der Waals surface area contributed by atoms with E-state index in [0.717, 1.165) is 30.6 Å². The average molecular weight is 410 g/mol. The van der Waals surface area contributed by atoms with Gasteiger partial charge in [-0.05, 0) is 37.0 Å². The molecule has 3 heterocycles. The number of benzene rings is 1. The molecule has 9 heteroatoms. The highest BCUT2D eigenvalue weighted by molar-refractivity contribution is 7.86. The lowest BCUT2D eigenvalue weighted by molar-refractivity contribution is 0.128. The van der Waals surface area contributed by atoms with Gasteiger partial charge in [-0.15, -0.1) is 0 Å². The molecule has 0 N–H and O–H groups in total. The van der Waals surface area contributed by atoms with Gasteiger partial charge in [0.25, 0.3) is 10.2 Å². The summed E-state index contributed by atoms with van der Waals surface area (Å²) < 4.78 is 39.6. The van der Waals surface area contributed by atoms with E-state index in [1.165, 1.54) is 4.31 Å². The van der Waals surface area contributed by atoms with Crippen LogP contribution in [0.15, 0.2) is 24.3 Å². The molecule has 28 heavy (non-hydrogen) atoms. The van der Waals surface area contributed by atoms with Crippen LogP contribution in [0.4, 0.5) is 4.79 Å². The highest BCUT2D eigenvalue weighted by Crippen LogP contribution is 2.30. The van der Waals surface area contributed by atoms with Crippen molar-refractivity contribution < 1.29 is 22.7 Å². The lowest BCUT2D eigenvalue weighted by Crippen LogP contribution is -2.47. The van der Waals surface area contributed by atoms with Gasteiger partial charge >= 0.3 is 6.09 Å². The van der Waals surface area contributed by atoms with Gasteiger partial charge in [-0.1, -0.05) is 18.6 Å². The lowest BCUT2D eigenvalue weighted by Gasteiger charge is -2.30. The number of carbonyl (C=O) groups is 1. The van der Waals surface area contributed by atoms with Gasteiger partial charge < -0.3 is 9.47 Å². The van der Waals surface area contributed by atoms with E-state index in [4.69, 9.17) is 9.47 Å². The van der Waals surface area contributed by atoms with Crippen molar-refractivity contribution in [3.05, 3.63) is 29.8 Å². The molecule has 3 fully saturated rings. The molecule has 1 aromatic rings. The van der Waals surface area contributed by atoms with Crippen LogP contribution in [0.5, 0.6) is 5.75 Å². The zero-order chi connectivity index (χ0) is 19.7. The number of fused-ring (bicyclic) bond motifs is 1. The van der Waals surface area contributed by atoms with E-state index in [9.17, 15) is 13.2 Å². The highest BCUT2D eigenvalue weighted by Gasteiger charge is 2.51. The summed E-state index contributed by atoms with van der Waals surface area (Å²) in [6, 6.07) is 7.51. The molecule has 3 aliphatic heterocycles. The molecule has 3 aliphatic rings. The van der Waals surface area contributed by atoms with E-state index in [2.05, 4.69) is 0 Å². The molecule has 0 aromatic heterocycles. The van der Waals surface area contributed by atoms with Crippen molar-refractivity contribution >= 4 is 16.3 Å². The molecule has 3 saturated heterocycles. The van der Waals surface area contributed by atoms with Crippen molar-refractivity contribution in [3.63, 3.8) is 0 Å². The Hall–Kier alpha value is -1.84. The second-order valence-electron chi connectivity index (χ2n) is 7.57. The molecule has 0 saturated carbocycles. The quantitative estimate of drug-likeness (QED) is 0.711. The van der Waals surface area contributed by atoms with Gasteiger partial charge in [0.2, 0.25) is 0 Å². The number of nitrogens with zero attached hydrogens (tertiary/aromatic N) is 3. The van der Waals surface area contributed by atoms with Crippen LogP contribution in [-0.2, 0) is 21.4 Å². The lowest BCUT2D eigenvalue weighted by atomic mass is 10.1. The number of hydrogen-bond acceptors (Lipinski definition) is 5. The Balaban J connectivity index is 1.39. The largest absolute Gasteiger partial charge is 0.497 e. The normalized spacial score (nSPS) is 26.3. The molecule has 8 nitrogen and oxygen atoms in total. The smallest absolute Gasteiger partial charge is 0.410 e. The van der Waals surface area contributed by atoms with Crippen molar-refractivity contribution in [3.8, 4) is 5.75 Å². The molecule has 1 amide bonds. The summed E-state index contributed by atoms with van der Waals surface area (Å²) in [5.41, 5.74) is 1.09. The van der Waals surface area contributed by atoms with Crippen molar-refractivity contribution in [1.29, 1.82) is 0 Å². The third kappa shape index (κ3) is 3.70. The molecule has 0 unspecified atom stereocenters. The standard InChI is InChI=1S/C19H27N3O5S/c1-26-16-7-5-15(6-8-16)9-12-22-17-13-21(14-18(17)27-19(22)23)28(24,25)20-10-3-2-4-11-20/h5-8,17-18H,2-4,9-14H2,1H3/t17-,18+/m0/s1. The van der Waals surface area contributed by atoms with Crippen LogP contribution in [0.25, 0.3) is 0 Å². The first-order valence-corrected chi connectivity index (χ1v) is 11.2. The van der Waals surface area contributed by atoms with Gasteiger partial charge in [-0.3, -0.25) is 4.90 Å². The Morgan fingerprint density at radius 1 is 1.07 bits per heavy atom. The van der Waals surface area contributed by atoms with E-state index in [-0.39, 0.29) is 24.8 Å². The third-order valence-electron chi connectivity index (χ3n) is 5.86. The van der Waals surface area contributed by atoms with Crippen LogP contribution in [0, 0.1) is 0 Å². The van der Waals surface area contributed by atoms with Crippen molar-refractivity contribution in [2.75, 3.05) is 39.8 Å². The van der Waals surface area contributed by atoms with Crippen LogP contribution in [0.3, 0.4) is 0 Å². The number of rotatable bonds is 6. The molecule has 0 spiro atoms. The third-order valence-corrected chi connectivity index (χ3v) is 7.83. The Kier molecular flexibility index (Phi) is 5.48. The first kappa shape index (κ1) is 19.5. The number of hydrogen-bond donors (Lipinski definition) is 0. The molecule has 154 valence electrons. The predicted octanol–water partition coefficient (Wildman–Crippen LogP) is 1.47. The van der Waals surface area contributed by atoms with E-state index < -0.39 is 10.2 Å². The fraction of sp³-hybridized carbons (Fsp3) is 0.632. The van der Waals surface area contributed by atoms with Gasteiger partial charge in [0, 0.05) is 26.2 Å². The first-order valence-electron chi connectivity index (χ1n) is 9.84. The molecule has 0 radical (unpaired) electrons. The van der Waals surface area contributed by atoms with Gasteiger partial charge in [0.05, 0.1) is 19.7 Å². The summed E-state index contributed by atoms with van der Waals surface area (Å²) in [6.45, 7) is 2.21. The maximum atomic E-state index is 12.9. The van der Waals surface area contributed by atoms with Crippen molar-refractivity contribution in [2.45, 2.75) is 37.8 Å². The average Bonchev–Trinajstić information content (AvgIpc) is 3.25. The summed E-state index contributed by atoms with van der Waals surface area (Å²) in [5.74, 6) is 0.791. The molecule has 2 atom stereocenters. The minimum absolute atomic E-state index is 0.217. The minimum Gasteiger partial charge on any atom is -0.497 e. The minimum atomic E-state index is -3.48. The second kappa shape index (κ2) is 7.88. The van der Waals surface area contributed by atoms with Crippen LogP contribution >= 0.6 is 0 Å². The summed E-state index contributed by atoms with van der Waals surface area (Å²) in [4.78, 5) is 14.0. The summed E-state index contributed by atoms with van der Waals surface area (Å²) >= 11 is 0. The van der Waals surface area contributed by atoms with Crippen LogP contribution in [0.1, 0.15) is 24.8 Å². The number of amides is 1. The Morgan fingerprint density at radius 3 is 2.46 bits per heavy atom. The Bertz CT molecular complexity index is 807. The van der Waals surface area contributed by atoms with Gasteiger partial charge in [-0.2, -0.15) is 17.0 Å².